The van der Waals surface area contributed by atoms with Crippen molar-refractivity contribution in [3.8, 4) is 0 Å². The number of ether oxygens (including phenoxy) is 1. The summed E-state index contributed by atoms with van der Waals surface area (Å²) in [7, 11) is 0. The summed E-state index contributed by atoms with van der Waals surface area (Å²) in [4.78, 5) is 40.2. The highest BCUT2D eigenvalue weighted by Gasteiger charge is 2.55. The Morgan fingerprint density at radius 1 is 1.09 bits per heavy atom. The second-order valence-corrected chi connectivity index (χ2v) is 13.6. The largest absolute Gasteiger partial charge is 0.378 e. The van der Waals surface area contributed by atoms with Crippen LogP contribution in [0.3, 0.4) is 0 Å². The molecule has 1 heterocycles. The molecule has 0 unspecified atom stereocenters. The Balaban J connectivity index is 1.17. The van der Waals surface area contributed by atoms with Crippen LogP contribution in [0.25, 0.3) is 6.08 Å². The first-order valence-corrected chi connectivity index (χ1v) is 15.9. The van der Waals surface area contributed by atoms with Crippen LogP contribution >= 0.6 is 0 Å². The highest BCUT2D eigenvalue weighted by Crippen LogP contribution is 2.60. The summed E-state index contributed by atoms with van der Waals surface area (Å²) in [6, 6.07) is 5.99. The number of nitro groups is 1. The monoisotopic (exact) mass is 589 g/mol. The molecule has 2 N–H and O–H groups in total. The minimum atomic E-state index is -0.654. The van der Waals surface area contributed by atoms with Crippen LogP contribution in [0, 0.1) is 39.2 Å². The normalized spacial score (nSPS) is 30.0. The molecule has 43 heavy (non-hydrogen) atoms. The molecule has 1 aliphatic heterocycles. The summed E-state index contributed by atoms with van der Waals surface area (Å²) in [5.41, 5.74) is 6.37. The molecule has 1 aromatic rings. The quantitative estimate of drug-likeness (QED) is 0.242. The van der Waals surface area contributed by atoms with E-state index in [0.29, 0.717) is 31.0 Å². The molecule has 5 fully saturated rings. The molecule has 7 rings (SSSR count). The zero-order valence-electron chi connectivity index (χ0n) is 25.2. The maximum atomic E-state index is 13.7. The van der Waals surface area contributed by atoms with Gasteiger partial charge in [0.15, 0.2) is 0 Å². The van der Waals surface area contributed by atoms with Crippen LogP contribution in [-0.2, 0) is 14.3 Å². The summed E-state index contributed by atoms with van der Waals surface area (Å²) < 4.78 is 5.58. The van der Waals surface area contributed by atoms with Crippen molar-refractivity contribution < 1.29 is 19.2 Å². The van der Waals surface area contributed by atoms with Crippen molar-refractivity contribution in [2.45, 2.75) is 71.3 Å². The van der Waals surface area contributed by atoms with Gasteiger partial charge in [0.05, 0.1) is 24.4 Å². The molecular formula is C33H43N5O5. The fourth-order valence-electron chi connectivity index (χ4n) is 8.56. The number of benzene rings is 1. The second-order valence-electron chi connectivity index (χ2n) is 13.6. The molecule has 4 bridgehead atoms. The third-order valence-electron chi connectivity index (χ3n) is 10.2. The van der Waals surface area contributed by atoms with Gasteiger partial charge in [-0.15, -0.1) is 0 Å². The van der Waals surface area contributed by atoms with E-state index < -0.39 is 6.04 Å². The average Bonchev–Trinajstić information content (AvgIpc) is 3.37. The number of nitro benzene ring substituents is 1. The van der Waals surface area contributed by atoms with Crippen molar-refractivity contribution in [3.63, 3.8) is 0 Å². The Morgan fingerprint density at radius 3 is 2.40 bits per heavy atom. The molecular weight excluding hydrogens is 546 g/mol. The molecule has 10 heteroatoms. The van der Waals surface area contributed by atoms with E-state index in [2.05, 4.69) is 20.7 Å². The van der Waals surface area contributed by atoms with Crippen LogP contribution in [0.15, 0.2) is 46.2 Å². The van der Waals surface area contributed by atoms with Crippen molar-refractivity contribution in [3.05, 3.63) is 56.8 Å². The molecule has 0 aromatic heterocycles. The number of nitrogens with one attached hydrogen (secondary N) is 2. The molecule has 1 saturated heterocycles. The average molecular weight is 590 g/mol. The Bertz CT molecular complexity index is 1320. The van der Waals surface area contributed by atoms with Crippen LogP contribution in [0.5, 0.6) is 0 Å². The lowest BCUT2D eigenvalue weighted by molar-refractivity contribution is -0.384. The number of allylic oxidation sites excluding steroid dienone is 2. The summed E-state index contributed by atoms with van der Waals surface area (Å²) >= 11 is 0. The topological polar surface area (TPSA) is 126 Å². The predicted octanol–water partition coefficient (Wildman–Crippen LogP) is 4.82. The Morgan fingerprint density at radius 2 is 1.77 bits per heavy atom. The van der Waals surface area contributed by atoms with Crippen LogP contribution in [0.1, 0.15) is 70.8 Å². The van der Waals surface area contributed by atoms with E-state index in [1.165, 1.54) is 25.3 Å². The van der Waals surface area contributed by atoms with Crippen molar-refractivity contribution in [2.24, 2.45) is 34.2 Å². The summed E-state index contributed by atoms with van der Waals surface area (Å²) in [6.45, 7) is 6.61. The molecule has 0 radical (unpaired) electrons. The number of nitrogens with zero attached hydrogens (tertiary/aromatic N) is 3. The molecule has 10 nitrogen and oxygen atoms in total. The predicted molar refractivity (Wildman–Crippen MR) is 164 cm³/mol. The molecule has 230 valence electrons. The SMILES string of the molecule is CC(C)[C@H](NC(=O)C12CC3CC(CC(C3)C1)C2)C(=O)N/N=C\C1=C(N2CCOCC2)C(=C/c2cccc([N+](=O)[O-])c2)/CC1. The Hall–Kier alpha value is -3.53. The second kappa shape index (κ2) is 12.2. The van der Waals surface area contributed by atoms with Gasteiger partial charge in [0, 0.05) is 36.3 Å². The minimum absolute atomic E-state index is 0.0495. The lowest BCUT2D eigenvalue weighted by Gasteiger charge is -2.55. The highest BCUT2D eigenvalue weighted by atomic mass is 16.6. The van der Waals surface area contributed by atoms with Gasteiger partial charge in [0.25, 0.3) is 11.6 Å². The minimum Gasteiger partial charge on any atom is -0.378 e. The van der Waals surface area contributed by atoms with E-state index in [0.717, 1.165) is 67.6 Å². The van der Waals surface area contributed by atoms with E-state index >= 15 is 0 Å². The maximum absolute atomic E-state index is 13.7. The number of hydrogen-bond acceptors (Lipinski definition) is 7. The fraction of sp³-hybridized carbons (Fsp3) is 0.606. The standard InChI is InChI=1S/C33H43N5O5/c1-21(2)29(35-32(40)33-17-23-12-24(18-33)14-25(13-23)19-33)31(39)36-34-20-27-7-6-26(30(27)37-8-10-43-11-9-37)15-22-4-3-5-28(16-22)38(41)42/h3-5,15-16,20-21,23-25,29H,6-14,17-19H2,1-2H3,(H,35,40)(H,36,39)/b26-15+,34-20-/t23?,24?,25?,29-,33?/m0/s1. The molecule has 1 atom stereocenters. The first kappa shape index (κ1) is 29.5. The molecule has 1 aromatic carbocycles. The van der Waals surface area contributed by atoms with Gasteiger partial charge in [-0.3, -0.25) is 19.7 Å². The molecule has 5 aliphatic carbocycles. The van der Waals surface area contributed by atoms with Gasteiger partial charge >= 0.3 is 0 Å². The van der Waals surface area contributed by atoms with Crippen molar-refractivity contribution in [1.82, 2.24) is 15.6 Å². The Kier molecular flexibility index (Phi) is 8.40. The van der Waals surface area contributed by atoms with Crippen molar-refractivity contribution >= 4 is 29.8 Å². The van der Waals surface area contributed by atoms with Crippen molar-refractivity contribution in [1.29, 1.82) is 0 Å². The first-order valence-electron chi connectivity index (χ1n) is 15.9. The number of hydrogen-bond donors (Lipinski definition) is 2. The van der Waals surface area contributed by atoms with Gasteiger partial charge in [-0.1, -0.05) is 26.0 Å². The first-order chi connectivity index (χ1) is 20.7. The molecule has 2 amide bonds. The van der Waals surface area contributed by atoms with Gasteiger partial charge in [-0.2, -0.15) is 5.10 Å². The molecule has 4 saturated carbocycles. The third-order valence-corrected chi connectivity index (χ3v) is 10.2. The molecule has 0 spiro atoms. The summed E-state index contributed by atoms with van der Waals surface area (Å²) in [5, 5.41) is 18.8. The maximum Gasteiger partial charge on any atom is 0.270 e. The number of carbonyl (C=O) groups excluding carboxylic acids is 2. The van der Waals surface area contributed by atoms with Crippen LogP contribution in [0.2, 0.25) is 0 Å². The van der Waals surface area contributed by atoms with Crippen LogP contribution in [0.4, 0.5) is 5.69 Å². The lowest BCUT2D eigenvalue weighted by Crippen LogP contribution is -2.58. The number of hydrazone groups is 1. The van der Waals surface area contributed by atoms with Crippen molar-refractivity contribution in [2.75, 3.05) is 26.3 Å². The van der Waals surface area contributed by atoms with E-state index in [-0.39, 0.29) is 33.8 Å². The van der Waals surface area contributed by atoms with Gasteiger partial charge in [-0.05, 0) is 97.8 Å². The highest BCUT2D eigenvalue weighted by molar-refractivity contribution is 5.91. The zero-order chi connectivity index (χ0) is 30.1. The van der Waals surface area contributed by atoms with Gasteiger partial charge < -0.3 is 15.0 Å². The van der Waals surface area contributed by atoms with E-state index in [1.54, 1.807) is 18.3 Å². The fourth-order valence-corrected chi connectivity index (χ4v) is 8.56. The van der Waals surface area contributed by atoms with Gasteiger partial charge in [0.1, 0.15) is 6.04 Å². The van der Waals surface area contributed by atoms with Gasteiger partial charge in [-0.25, -0.2) is 5.43 Å². The molecule has 6 aliphatic rings. The van der Waals surface area contributed by atoms with Crippen LogP contribution in [-0.4, -0.2) is 60.2 Å². The van der Waals surface area contributed by atoms with E-state index in [9.17, 15) is 19.7 Å². The van der Waals surface area contributed by atoms with Gasteiger partial charge in [0.2, 0.25) is 5.91 Å². The number of amides is 2. The third kappa shape index (κ3) is 6.25. The van der Waals surface area contributed by atoms with Crippen LogP contribution < -0.4 is 10.7 Å². The number of rotatable bonds is 9. The zero-order valence-corrected chi connectivity index (χ0v) is 25.2. The smallest absolute Gasteiger partial charge is 0.270 e. The number of carbonyl (C=O) groups is 2. The number of non-ortho nitro benzene ring substituents is 1. The lowest BCUT2D eigenvalue weighted by atomic mass is 9.49. The Labute approximate surface area is 253 Å². The van der Waals surface area contributed by atoms with E-state index in [1.807, 2.05) is 26.0 Å². The summed E-state index contributed by atoms with van der Waals surface area (Å²) in [5.74, 6) is 1.64. The summed E-state index contributed by atoms with van der Waals surface area (Å²) in [6.07, 6.45) is 11.9. The van der Waals surface area contributed by atoms with E-state index in [4.69, 9.17) is 4.74 Å². The number of morpholine rings is 1.